The van der Waals surface area contributed by atoms with Gasteiger partial charge in [0.05, 0.1) is 0 Å². The van der Waals surface area contributed by atoms with Crippen molar-refractivity contribution >= 4 is 5.69 Å². The summed E-state index contributed by atoms with van der Waals surface area (Å²) in [6, 6.07) is 6.59. The van der Waals surface area contributed by atoms with Gasteiger partial charge >= 0.3 is 0 Å². The molecule has 3 heteroatoms. The molecule has 15 heavy (non-hydrogen) atoms. The fraction of sp³-hybridized carbons (Fsp3) is 0.500. The average molecular weight is 205 g/mol. The van der Waals surface area contributed by atoms with Gasteiger partial charge in [-0.1, -0.05) is 0 Å². The molecule has 0 amide bonds. The van der Waals surface area contributed by atoms with E-state index in [4.69, 9.17) is 9.47 Å². The van der Waals surface area contributed by atoms with Crippen LogP contribution in [0.15, 0.2) is 18.2 Å². The van der Waals surface area contributed by atoms with Crippen LogP contribution in [0.25, 0.3) is 0 Å². The van der Waals surface area contributed by atoms with Gasteiger partial charge in [-0.2, -0.15) is 0 Å². The number of benzene rings is 1. The van der Waals surface area contributed by atoms with Crippen molar-refractivity contribution < 1.29 is 9.47 Å². The molecular formula is C12H15NO2. The molecule has 0 aromatic heterocycles. The summed E-state index contributed by atoms with van der Waals surface area (Å²) in [6.45, 7) is 2.58. The van der Waals surface area contributed by atoms with E-state index < -0.39 is 0 Å². The third kappa shape index (κ3) is 1.74. The number of hydrogen-bond acceptors (Lipinski definition) is 3. The van der Waals surface area contributed by atoms with E-state index in [1.54, 1.807) is 0 Å². The highest BCUT2D eigenvalue weighted by Crippen LogP contribution is 2.37. The molecule has 0 spiro atoms. The maximum Gasteiger partial charge on any atom is 0.231 e. The Balaban J connectivity index is 1.74. The molecule has 80 valence electrons. The lowest BCUT2D eigenvalue weighted by atomic mass is 10.2. The lowest BCUT2D eigenvalue weighted by Crippen LogP contribution is -2.16. The smallest absolute Gasteiger partial charge is 0.231 e. The predicted octanol–water partition coefficient (Wildman–Crippen LogP) is 2.63. The van der Waals surface area contributed by atoms with Crippen LogP contribution in [0.1, 0.15) is 19.8 Å². The minimum absolute atomic E-state index is 0.344. The Bertz CT molecular complexity index is 374. The molecule has 1 fully saturated rings. The standard InChI is InChI=1S/C12H15NO2/c1-8(9-2-3-9)13-10-4-5-11-12(6-10)15-7-14-11/h4-6,8-9,13H,2-3,7H2,1H3/t8-/m0/s1. The Hall–Kier alpha value is -1.38. The van der Waals surface area contributed by atoms with Gasteiger partial charge in [-0.05, 0) is 37.8 Å². The SMILES string of the molecule is C[C@H](Nc1ccc2c(c1)OCO2)C1CC1. The van der Waals surface area contributed by atoms with E-state index in [0.29, 0.717) is 12.8 Å². The predicted molar refractivity (Wildman–Crippen MR) is 58.4 cm³/mol. The van der Waals surface area contributed by atoms with Crippen LogP contribution in [-0.4, -0.2) is 12.8 Å². The van der Waals surface area contributed by atoms with Crippen molar-refractivity contribution in [3.8, 4) is 11.5 Å². The second-order valence-corrected chi connectivity index (χ2v) is 4.34. The normalized spacial score (nSPS) is 20.1. The molecule has 0 radical (unpaired) electrons. The minimum atomic E-state index is 0.344. The van der Waals surface area contributed by atoms with Crippen LogP contribution in [0.2, 0.25) is 0 Å². The number of fused-ring (bicyclic) bond motifs is 1. The first-order valence-electron chi connectivity index (χ1n) is 5.49. The molecular weight excluding hydrogens is 190 g/mol. The van der Waals surface area contributed by atoms with Crippen molar-refractivity contribution in [2.75, 3.05) is 12.1 Å². The van der Waals surface area contributed by atoms with E-state index in [-0.39, 0.29) is 0 Å². The lowest BCUT2D eigenvalue weighted by Gasteiger charge is -2.14. The molecule has 0 bridgehead atoms. The van der Waals surface area contributed by atoms with E-state index in [0.717, 1.165) is 23.1 Å². The molecule has 1 atom stereocenters. The zero-order chi connectivity index (χ0) is 10.3. The zero-order valence-corrected chi connectivity index (χ0v) is 8.82. The maximum absolute atomic E-state index is 5.33. The van der Waals surface area contributed by atoms with Gasteiger partial charge < -0.3 is 14.8 Å². The summed E-state index contributed by atoms with van der Waals surface area (Å²) in [5, 5.41) is 3.50. The van der Waals surface area contributed by atoms with Crippen molar-refractivity contribution in [3.63, 3.8) is 0 Å². The Kier molecular flexibility index (Phi) is 1.97. The van der Waals surface area contributed by atoms with Gasteiger partial charge in [0.1, 0.15) is 0 Å². The van der Waals surface area contributed by atoms with Crippen molar-refractivity contribution in [1.82, 2.24) is 0 Å². The molecule has 1 saturated carbocycles. The Morgan fingerprint density at radius 3 is 2.87 bits per heavy atom. The zero-order valence-electron chi connectivity index (χ0n) is 8.82. The summed E-state index contributed by atoms with van der Waals surface area (Å²) >= 11 is 0. The molecule has 1 aromatic rings. The van der Waals surface area contributed by atoms with Crippen LogP contribution in [-0.2, 0) is 0 Å². The number of anilines is 1. The third-order valence-electron chi connectivity index (χ3n) is 3.10. The summed E-state index contributed by atoms with van der Waals surface area (Å²) in [6.07, 6.45) is 2.72. The van der Waals surface area contributed by atoms with Gasteiger partial charge in [0.2, 0.25) is 6.79 Å². The fourth-order valence-corrected chi connectivity index (χ4v) is 1.96. The van der Waals surface area contributed by atoms with Crippen LogP contribution in [0, 0.1) is 5.92 Å². The molecule has 3 rings (SSSR count). The van der Waals surface area contributed by atoms with Gasteiger partial charge in [-0.15, -0.1) is 0 Å². The third-order valence-corrected chi connectivity index (χ3v) is 3.10. The molecule has 1 aromatic carbocycles. The van der Waals surface area contributed by atoms with Crippen LogP contribution in [0.4, 0.5) is 5.69 Å². The molecule has 0 saturated heterocycles. The van der Waals surface area contributed by atoms with Crippen LogP contribution < -0.4 is 14.8 Å². The highest BCUT2D eigenvalue weighted by atomic mass is 16.7. The minimum Gasteiger partial charge on any atom is -0.454 e. The fourth-order valence-electron chi connectivity index (χ4n) is 1.96. The highest BCUT2D eigenvalue weighted by Gasteiger charge is 2.28. The van der Waals surface area contributed by atoms with E-state index in [9.17, 15) is 0 Å². The van der Waals surface area contributed by atoms with E-state index in [1.165, 1.54) is 12.8 Å². The summed E-state index contributed by atoms with van der Waals surface area (Å²) < 4.78 is 10.6. The van der Waals surface area contributed by atoms with Gasteiger partial charge in [-0.3, -0.25) is 0 Å². The molecule has 1 aliphatic carbocycles. The summed E-state index contributed by atoms with van der Waals surface area (Å²) in [5.41, 5.74) is 1.12. The molecule has 2 aliphatic rings. The Morgan fingerprint density at radius 1 is 1.27 bits per heavy atom. The molecule has 1 aliphatic heterocycles. The van der Waals surface area contributed by atoms with Gasteiger partial charge in [0.25, 0.3) is 0 Å². The largest absolute Gasteiger partial charge is 0.454 e. The number of hydrogen-bond donors (Lipinski definition) is 1. The number of nitrogens with one attached hydrogen (secondary N) is 1. The average Bonchev–Trinajstić information content (AvgIpc) is 2.98. The van der Waals surface area contributed by atoms with Crippen LogP contribution in [0.5, 0.6) is 11.5 Å². The lowest BCUT2D eigenvalue weighted by molar-refractivity contribution is 0.174. The van der Waals surface area contributed by atoms with Crippen molar-refractivity contribution in [3.05, 3.63) is 18.2 Å². The first-order valence-corrected chi connectivity index (χ1v) is 5.49. The van der Waals surface area contributed by atoms with Crippen LogP contribution in [0.3, 0.4) is 0 Å². The van der Waals surface area contributed by atoms with Gasteiger partial charge in [0.15, 0.2) is 11.5 Å². The monoisotopic (exact) mass is 205 g/mol. The summed E-state index contributed by atoms with van der Waals surface area (Å²) in [5.74, 6) is 2.55. The topological polar surface area (TPSA) is 30.5 Å². The van der Waals surface area contributed by atoms with Gasteiger partial charge in [0, 0.05) is 17.8 Å². The van der Waals surface area contributed by atoms with E-state index in [1.807, 2.05) is 18.2 Å². The molecule has 1 N–H and O–H groups in total. The second kappa shape index (κ2) is 3.33. The Morgan fingerprint density at radius 2 is 2.07 bits per heavy atom. The van der Waals surface area contributed by atoms with E-state index in [2.05, 4.69) is 12.2 Å². The van der Waals surface area contributed by atoms with Crippen LogP contribution >= 0.6 is 0 Å². The van der Waals surface area contributed by atoms with Crippen molar-refractivity contribution in [2.45, 2.75) is 25.8 Å². The molecule has 1 heterocycles. The molecule has 3 nitrogen and oxygen atoms in total. The molecule has 0 unspecified atom stereocenters. The number of rotatable bonds is 3. The first kappa shape index (κ1) is 8.89. The van der Waals surface area contributed by atoms with Gasteiger partial charge in [-0.25, -0.2) is 0 Å². The Labute approximate surface area is 89.4 Å². The highest BCUT2D eigenvalue weighted by molar-refractivity contribution is 5.56. The summed E-state index contributed by atoms with van der Waals surface area (Å²) in [4.78, 5) is 0. The second-order valence-electron chi connectivity index (χ2n) is 4.34. The quantitative estimate of drug-likeness (QED) is 0.822. The maximum atomic E-state index is 5.33. The van der Waals surface area contributed by atoms with Crippen molar-refractivity contribution in [2.24, 2.45) is 5.92 Å². The first-order chi connectivity index (χ1) is 7.33. The van der Waals surface area contributed by atoms with E-state index >= 15 is 0 Å². The van der Waals surface area contributed by atoms with Crippen molar-refractivity contribution in [1.29, 1.82) is 0 Å². The summed E-state index contributed by atoms with van der Waals surface area (Å²) in [7, 11) is 0. The number of ether oxygens (including phenoxy) is 2.